The normalized spacial score (nSPS) is 29.5. The van der Waals surface area contributed by atoms with Gasteiger partial charge >= 0.3 is 12.4 Å². The maximum absolute atomic E-state index is 14.3. The van der Waals surface area contributed by atoms with Gasteiger partial charge in [0.2, 0.25) is 23.6 Å². The lowest BCUT2D eigenvalue weighted by Crippen LogP contribution is -2.50. The third-order valence-electron chi connectivity index (χ3n) is 8.57. The van der Waals surface area contributed by atoms with Gasteiger partial charge in [-0.05, 0) is 36.2 Å². The number of nitrogens with zero attached hydrogens (tertiary/aromatic N) is 2. The van der Waals surface area contributed by atoms with E-state index in [1.165, 1.54) is 20.0 Å². The molecule has 6 atom stereocenters. The molecule has 208 valence electrons. The fraction of sp³-hybridized carbons (Fsp3) is 0.357. The number of hydrogen-bond acceptors (Lipinski definition) is 4. The van der Waals surface area contributed by atoms with E-state index in [0.717, 1.165) is 29.2 Å². The summed E-state index contributed by atoms with van der Waals surface area (Å²) in [7, 11) is 1.33. The number of allylic oxidation sites excluding steroid dienone is 2. The van der Waals surface area contributed by atoms with Crippen LogP contribution in [0.25, 0.3) is 11.1 Å². The number of imide groups is 2. The number of anilines is 1. The zero-order valence-electron chi connectivity index (χ0n) is 20.9. The number of rotatable bonds is 2. The average Bonchev–Trinajstić information content (AvgIpc) is 3.30. The van der Waals surface area contributed by atoms with E-state index in [1.54, 1.807) is 12.2 Å². The number of hydrogen-bond donors (Lipinski definition) is 0. The second-order valence-corrected chi connectivity index (χ2v) is 10.7. The van der Waals surface area contributed by atoms with Crippen LogP contribution in [-0.4, -0.2) is 35.6 Å². The van der Waals surface area contributed by atoms with Crippen molar-refractivity contribution in [1.29, 1.82) is 0 Å². The largest absolute Gasteiger partial charge is 0.417 e. The first-order chi connectivity index (χ1) is 18.6. The first-order valence-electron chi connectivity index (χ1n) is 12.4. The molecule has 12 heteroatoms. The molecule has 1 saturated carbocycles. The van der Waals surface area contributed by atoms with Crippen molar-refractivity contribution >= 4 is 29.3 Å². The molecule has 0 radical (unpaired) electrons. The first kappa shape index (κ1) is 26.3. The van der Waals surface area contributed by atoms with Gasteiger partial charge in [-0.15, -0.1) is 0 Å². The zero-order valence-corrected chi connectivity index (χ0v) is 20.9. The van der Waals surface area contributed by atoms with Crippen LogP contribution in [0.3, 0.4) is 0 Å². The molecule has 0 aromatic heterocycles. The van der Waals surface area contributed by atoms with E-state index in [0.29, 0.717) is 11.0 Å². The standard InChI is InChI=1S/C28H20F6N2O4/c1-11-3-5-13(17(9-11)27(29,30)31)14-6-4-12(10-18(14)28(32,33)34)36-25(39)21-15-7-8-16(22(21)26(36)40)20-19(15)23(37)35(2)24(20)38/h3-10,15-16,19-22H,1-2H3/t15?,16?,19-,20+,21+,22-. The van der Waals surface area contributed by atoms with Crippen LogP contribution in [0.1, 0.15) is 16.7 Å². The van der Waals surface area contributed by atoms with Gasteiger partial charge in [-0.1, -0.05) is 35.9 Å². The number of alkyl halides is 6. The van der Waals surface area contributed by atoms with E-state index in [1.807, 2.05) is 0 Å². The summed E-state index contributed by atoms with van der Waals surface area (Å²) in [6.45, 7) is 1.38. The molecule has 3 aliphatic carbocycles. The molecule has 2 bridgehead atoms. The van der Waals surface area contributed by atoms with Gasteiger partial charge in [-0.2, -0.15) is 26.3 Å². The summed E-state index contributed by atoms with van der Waals surface area (Å²) in [4.78, 5) is 54.3. The Bertz CT molecular complexity index is 1490. The van der Waals surface area contributed by atoms with Crippen LogP contribution >= 0.6 is 0 Å². The van der Waals surface area contributed by atoms with E-state index in [-0.39, 0.29) is 5.56 Å². The third-order valence-corrected chi connectivity index (χ3v) is 8.57. The SMILES string of the molecule is Cc1ccc(-c2ccc(N3C(=O)[C@@H]4C5C=CC([C@H]6C(=O)N(C)C(=O)[C@@H]56)[C@@H]4C3=O)cc2C(F)(F)F)c(C(F)(F)F)c1. The Balaban J connectivity index is 1.44. The van der Waals surface area contributed by atoms with Crippen molar-refractivity contribution in [1.82, 2.24) is 4.90 Å². The molecule has 5 aliphatic rings. The highest BCUT2D eigenvalue weighted by molar-refractivity contribution is 6.23. The molecule has 7 rings (SSSR count). The first-order valence-corrected chi connectivity index (χ1v) is 12.4. The summed E-state index contributed by atoms with van der Waals surface area (Å²) >= 11 is 0. The quantitative estimate of drug-likeness (QED) is 0.298. The zero-order chi connectivity index (χ0) is 29.0. The molecular formula is C28H20F6N2O4. The number of halogens is 6. The average molecular weight is 562 g/mol. The van der Waals surface area contributed by atoms with Crippen LogP contribution in [0.15, 0.2) is 48.6 Å². The smallest absolute Gasteiger partial charge is 0.285 e. The predicted octanol–water partition coefficient (Wildman–Crippen LogP) is 4.85. The lowest BCUT2D eigenvalue weighted by atomic mass is 9.54. The van der Waals surface area contributed by atoms with Gasteiger partial charge in [0.25, 0.3) is 0 Å². The van der Waals surface area contributed by atoms with Crippen LogP contribution in [-0.2, 0) is 31.5 Å². The molecule has 4 amide bonds. The van der Waals surface area contributed by atoms with E-state index in [9.17, 15) is 45.5 Å². The molecule has 0 spiro atoms. The Morgan fingerprint density at radius 2 is 1.05 bits per heavy atom. The van der Waals surface area contributed by atoms with Crippen molar-refractivity contribution in [3.63, 3.8) is 0 Å². The van der Waals surface area contributed by atoms with Crippen LogP contribution in [0, 0.1) is 42.4 Å². The highest BCUT2D eigenvalue weighted by Crippen LogP contribution is 2.58. The van der Waals surface area contributed by atoms with Gasteiger partial charge in [-0.25, -0.2) is 0 Å². The van der Waals surface area contributed by atoms with Gasteiger partial charge in [-0.3, -0.25) is 29.0 Å². The summed E-state index contributed by atoms with van der Waals surface area (Å²) in [6.07, 6.45) is -6.83. The monoisotopic (exact) mass is 562 g/mol. The third kappa shape index (κ3) is 3.50. The van der Waals surface area contributed by atoms with Gasteiger partial charge in [0, 0.05) is 18.9 Å². The molecule has 2 aromatic carbocycles. The molecule has 2 saturated heterocycles. The van der Waals surface area contributed by atoms with Gasteiger partial charge in [0.15, 0.2) is 0 Å². The Kier molecular flexibility index (Phi) is 5.44. The van der Waals surface area contributed by atoms with Crippen molar-refractivity contribution in [2.75, 3.05) is 11.9 Å². The Morgan fingerprint density at radius 3 is 1.52 bits per heavy atom. The van der Waals surface area contributed by atoms with Crippen LogP contribution < -0.4 is 4.90 Å². The number of carbonyl (C=O) groups excluding carboxylic acids is 4. The van der Waals surface area contributed by atoms with Gasteiger partial charge in [0.05, 0.1) is 40.5 Å². The van der Waals surface area contributed by atoms with Crippen LogP contribution in [0.2, 0.25) is 0 Å². The maximum Gasteiger partial charge on any atom is 0.417 e. The molecule has 6 nitrogen and oxygen atoms in total. The molecule has 2 aliphatic heterocycles. The Labute approximate surface area is 223 Å². The van der Waals surface area contributed by atoms with Crippen molar-refractivity contribution in [2.24, 2.45) is 35.5 Å². The Hall–Kier alpha value is -3.96. The predicted molar refractivity (Wildman–Crippen MR) is 127 cm³/mol. The van der Waals surface area contributed by atoms with Gasteiger partial charge in [0.1, 0.15) is 0 Å². The topological polar surface area (TPSA) is 74.8 Å². The molecule has 3 fully saturated rings. The maximum atomic E-state index is 14.3. The lowest BCUT2D eigenvalue weighted by molar-refractivity contribution is -0.139. The highest BCUT2D eigenvalue weighted by atomic mass is 19.4. The summed E-state index contributed by atoms with van der Waals surface area (Å²) in [5, 5.41) is 0. The summed E-state index contributed by atoms with van der Waals surface area (Å²) < 4.78 is 84.0. The van der Waals surface area contributed by atoms with E-state index < -0.39 is 99.4 Å². The van der Waals surface area contributed by atoms with Crippen molar-refractivity contribution in [2.45, 2.75) is 19.3 Å². The minimum absolute atomic E-state index is 0.202. The summed E-state index contributed by atoms with van der Waals surface area (Å²) in [5.74, 6) is -7.93. The molecule has 2 unspecified atom stereocenters. The number of aryl methyl sites for hydroxylation is 1. The Morgan fingerprint density at radius 1 is 0.625 bits per heavy atom. The van der Waals surface area contributed by atoms with E-state index >= 15 is 0 Å². The van der Waals surface area contributed by atoms with Crippen molar-refractivity contribution in [3.8, 4) is 11.1 Å². The molecule has 40 heavy (non-hydrogen) atoms. The van der Waals surface area contributed by atoms with Crippen LogP contribution in [0.5, 0.6) is 0 Å². The lowest BCUT2D eigenvalue weighted by Gasteiger charge is -2.44. The number of benzene rings is 2. The summed E-state index contributed by atoms with van der Waals surface area (Å²) in [6, 6.07) is 5.30. The second kappa shape index (κ2) is 8.28. The van der Waals surface area contributed by atoms with E-state index in [4.69, 9.17) is 0 Å². The molecule has 2 heterocycles. The minimum atomic E-state index is -5.13. The number of amides is 4. The fourth-order valence-electron chi connectivity index (χ4n) is 6.90. The van der Waals surface area contributed by atoms with E-state index in [2.05, 4.69) is 0 Å². The van der Waals surface area contributed by atoms with Crippen LogP contribution in [0.4, 0.5) is 32.0 Å². The van der Waals surface area contributed by atoms with Gasteiger partial charge < -0.3 is 0 Å². The second-order valence-electron chi connectivity index (χ2n) is 10.7. The molecular weight excluding hydrogens is 542 g/mol. The van der Waals surface area contributed by atoms with Crippen molar-refractivity contribution in [3.05, 3.63) is 65.2 Å². The molecule has 2 aromatic rings. The summed E-state index contributed by atoms with van der Waals surface area (Å²) in [5.41, 5.74) is -4.39. The minimum Gasteiger partial charge on any atom is -0.285 e. The highest BCUT2D eigenvalue weighted by Gasteiger charge is 2.68. The molecule has 0 N–H and O–H groups in total. The fourth-order valence-corrected chi connectivity index (χ4v) is 6.90. The van der Waals surface area contributed by atoms with Crippen molar-refractivity contribution < 1.29 is 45.5 Å². The number of likely N-dealkylation sites (tertiary alicyclic amines) is 1. The number of carbonyl (C=O) groups is 4.